The van der Waals surface area contributed by atoms with Gasteiger partial charge < -0.3 is 14.6 Å². The van der Waals surface area contributed by atoms with Crippen molar-refractivity contribution in [3.8, 4) is 0 Å². The zero-order valence-electron chi connectivity index (χ0n) is 12.2. The Bertz CT molecular complexity index is 510. The average Bonchev–Trinajstić information content (AvgIpc) is 2.83. The van der Waals surface area contributed by atoms with Crippen molar-refractivity contribution in [1.82, 2.24) is 14.5 Å². The molecule has 0 spiro atoms. The molecule has 0 saturated carbocycles. The number of hydrogen-bond acceptors (Lipinski definition) is 4. The Hall–Kier alpha value is -1.50. The minimum Gasteiger partial charge on any atom is -0.481 e. The van der Waals surface area contributed by atoms with Crippen molar-refractivity contribution in [2.24, 2.45) is 0 Å². The number of aryl methyl sites for hydroxylation is 2. The first kappa shape index (κ1) is 15.9. The summed E-state index contributed by atoms with van der Waals surface area (Å²) in [6.07, 6.45) is 5.70. The highest BCUT2D eigenvalue weighted by Crippen LogP contribution is 2.18. The van der Waals surface area contributed by atoms with Crippen LogP contribution < -0.4 is 0 Å². The molecule has 1 N–H and O–H groups in total. The zero-order valence-corrected chi connectivity index (χ0v) is 13.1. The van der Waals surface area contributed by atoms with E-state index in [1.807, 2.05) is 22.6 Å². The summed E-state index contributed by atoms with van der Waals surface area (Å²) in [6.45, 7) is 4.15. The summed E-state index contributed by atoms with van der Waals surface area (Å²) in [4.78, 5) is 29.0. The van der Waals surface area contributed by atoms with Crippen molar-refractivity contribution in [1.29, 1.82) is 0 Å². The molecule has 1 aliphatic heterocycles. The molecule has 1 aromatic heterocycles. The van der Waals surface area contributed by atoms with Crippen LogP contribution >= 0.6 is 11.8 Å². The van der Waals surface area contributed by atoms with E-state index in [4.69, 9.17) is 5.11 Å². The number of carbonyl (C=O) groups is 2. The fourth-order valence-corrected chi connectivity index (χ4v) is 3.21. The number of nitrogens with zero attached hydrogens (tertiary/aromatic N) is 3. The van der Waals surface area contributed by atoms with E-state index < -0.39 is 5.97 Å². The number of imidazole rings is 1. The van der Waals surface area contributed by atoms with E-state index in [0.717, 1.165) is 31.6 Å². The molecule has 2 rings (SSSR count). The first-order chi connectivity index (χ1) is 10.1. The van der Waals surface area contributed by atoms with Gasteiger partial charge in [-0.25, -0.2) is 4.98 Å². The highest BCUT2D eigenvalue weighted by atomic mass is 32.2. The molecule has 0 radical (unpaired) electrons. The normalized spacial score (nSPS) is 15.2. The van der Waals surface area contributed by atoms with Gasteiger partial charge in [-0.3, -0.25) is 9.59 Å². The molecule has 0 aliphatic carbocycles. The Kier molecular flexibility index (Phi) is 5.67. The summed E-state index contributed by atoms with van der Waals surface area (Å²) in [6, 6.07) is 0. The van der Waals surface area contributed by atoms with Gasteiger partial charge in [0.15, 0.2) is 5.16 Å². The van der Waals surface area contributed by atoms with Gasteiger partial charge in [0.1, 0.15) is 0 Å². The molecular weight excluding hydrogens is 290 g/mol. The summed E-state index contributed by atoms with van der Waals surface area (Å²) in [5.74, 6) is -0.705. The summed E-state index contributed by atoms with van der Waals surface area (Å²) in [5, 5.41) is 9.41. The van der Waals surface area contributed by atoms with E-state index in [1.165, 1.54) is 18.2 Å². The molecule has 1 fully saturated rings. The first-order valence-electron chi connectivity index (χ1n) is 7.22. The van der Waals surface area contributed by atoms with E-state index in [0.29, 0.717) is 18.1 Å². The molecular formula is C14H21N3O3S. The smallest absolute Gasteiger partial charge is 0.313 e. The highest BCUT2D eigenvalue weighted by molar-refractivity contribution is 7.99. The monoisotopic (exact) mass is 311 g/mol. The maximum atomic E-state index is 12.1. The second-order valence-corrected chi connectivity index (χ2v) is 6.17. The number of hydrogen-bond donors (Lipinski definition) is 1. The van der Waals surface area contributed by atoms with Crippen molar-refractivity contribution in [3.63, 3.8) is 0 Å². The highest BCUT2D eigenvalue weighted by Gasteiger charge is 2.17. The summed E-state index contributed by atoms with van der Waals surface area (Å²) in [7, 11) is 0. The van der Waals surface area contributed by atoms with Gasteiger partial charge in [0.05, 0.1) is 11.4 Å². The largest absolute Gasteiger partial charge is 0.481 e. The van der Waals surface area contributed by atoms with E-state index >= 15 is 0 Å². The molecule has 1 amide bonds. The number of thioether (sulfide) groups is 1. The van der Waals surface area contributed by atoms with Crippen LogP contribution in [0.3, 0.4) is 0 Å². The van der Waals surface area contributed by atoms with Crippen LogP contribution in [0.5, 0.6) is 0 Å². The maximum absolute atomic E-state index is 12.1. The number of piperidine rings is 1. The molecule has 7 heteroatoms. The number of carboxylic acid groups (broad SMARTS) is 1. The number of aliphatic carboxylic acids is 1. The van der Waals surface area contributed by atoms with Crippen LogP contribution in [-0.4, -0.2) is 50.3 Å². The molecule has 0 unspecified atom stereocenters. The van der Waals surface area contributed by atoms with Crippen molar-refractivity contribution in [2.45, 2.75) is 44.3 Å². The molecule has 0 atom stereocenters. The van der Waals surface area contributed by atoms with Gasteiger partial charge in [0, 0.05) is 32.3 Å². The van der Waals surface area contributed by atoms with Gasteiger partial charge in [0.2, 0.25) is 5.91 Å². The number of likely N-dealkylation sites (tertiary alicyclic amines) is 1. The van der Waals surface area contributed by atoms with Gasteiger partial charge in [-0.1, -0.05) is 11.8 Å². The number of aromatic nitrogens is 2. The molecule has 1 saturated heterocycles. The summed E-state index contributed by atoms with van der Waals surface area (Å²) < 4.78 is 1.88. The molecule has 116 valence electrons. The molecule has 0 bridgehead atoms. The van der Waals surface area contributed by atoms with Crippen molar-refractivity contribution < 1.29 is 14.7 Å². The Morgan fingerprint density at radius 2 is 2.05 bits per heavy atom. The number of carboxylic acids is 1. The second kappa shape index (κ2) is 7.49. The van der Waals surface area contributed by atoms with Crippen LogP contribution in [0.25, 0.3) is 0 Å². The minimum absolute atomic E-state index is 0.0173. The predicted octanol–water partition coefficient (Wildman–Crippen LogP) is 1.77. The lowest BCUT2D eigenvalue weighted by Crippen LogP contribution is -2.36. The van der Waals surface area contributed by atoms with Gasteiger partial charge in [-0.05, 0) is 26.2 Å². The SMILES string of the molecule is Cc1cn(CCC(=O)N2CCCCC2)c(SCC(=O)O)n1. The predicted molar refractivity (Wildman–Crippen MR) is 80.4 cm³/mol. The average molecular weight is 311 g/mol. The Morgan fingerprint density at radius 3 is 2.71 bits per heavy atom. The molecule has 2 heterocycles. The second-order valence-electron chi connectivity index (χ2n) is 5.23. The lowest BCUT2D eigenvalue weighted by Gasteiger charge is -2.26. The molecule has 0 aromatic carbocycles. The van der Waals surface area contributed by atoms with Gasteiger partial charge in [-0.2, -0.15) is 0 Å². The van der Waals surface area contributed by atoms with Gasteiger partial charge >= 0.3 is 5.97 Å². The third-order valence-corrected chi connectivity index (χ3v) is 4.44. The van der Waals surface area contributed by atoms with Crippen LogP contribution in [0.1, 0.15) is 31.4 Å². The van der Waals surface area contributed by atoms with E-state index in [-0.39, 0.29) is 11.7 Å². The van der Waals surface area contributed by atoms with Gasteiger partial charge in [0.25, 0.3) is 0 Å². The Labute approximate surface area is 128 Å². The minimum atomic E-state index is -0.864. The van der Waals surface area contributed by atoms with Crippen LogP contribution in [0.2, 0.25) is 0 Å². The molecule has 21 heavy (non-hydrogen) atoms. The summed E-state index contributed by atoms with van der Waals surface area (Å²) >= 11 is 1.19. The first-order valence-corrected chi connectivity index (χ1v) is 8.21. The molecule has 1 aromatic rings. The van der Waals surface area contributed by atoms with Crippen LogP contribution in [0.15, 0.2) is 11.4 Å². The lowest BCUT2D eigenvalue weighted by molar-refractivity contribution is -0.134. The lowest BCUT2D eigenvalue weighted by atomic mass is 10.1. The maximum Gasteiger partial charge on any atom is 0.313 e. The number of rotatable bonds is 6. The summed E-state index contributed by atoms with van der Waals surface area (Å²) in [5.41, 5.74) is 0.841. The molecule has 1 aliphatic rings. The van der Waals surface area contributed by atoms with Crippen LogP contribution in [0.4, 0.5) is 0 Å². The van der Waals surface area contributed by atoms with Gasteiger partial charge in [-0.15, -0.1) is 0 Å². The fourth-order valence-electron chi connectivity index (χ4n) is 2.44. The molecule has 6 nitrogen and oxygen atoms in total. The van der Waals surface area contributed by atoms with Crippen molar-refractivity contribution in [3.05, 3.63) is 11.9 Å². The fraction of sp³-hybridized carbons (Fsp3) is 0.643. The Morgan fingerprint density at radius 1 is 1.33 bits per heavy atom. The van der Waals surface area contributed by atoms with Crippen LogP contribution in [-0.2, 0) is 16.1 Å². The zero-order chi connectivity index (χ0) is 15.2. The van der Waals surface area contributed by atoms with Crippen LogP contribution in [0, 0.1) is 6.92 Å². The third kappa shape index (κ3) is 4.77. The standard InChI is InChI=1S/C14H21N3O3S/c1-11-9-17(14(15-11)21-10-13(19)20)8-5-12(18)16-6-3-2-4-7-16/h9H,2-8,10H2,1H3,(H,19,20). The quantitative estimate of drug-likeness (QED) is 0.810. The van der Waals surface area contributed by atoms with E-state index in [9.17, 15) is 9.59 Å². The third-order valence-electron chi connectivity index (χ3n) is 3.46. The number of amides is 1. The van der Waals surface area contributed by atoms with Crippen molar-refractivity contribution in [2.75, 3.05) is 18.8 Å². The number of carbonyl (C=O) groups excluding carboxylic acids is 1. The Balaban J connectivity index is 1.89. The van der Waals surface area contributed by atoms with E-state index in [1.54, 1.807) is 0 Å². The van der Waals surface area contributed by atoms with Crippen molar-refractivity contribution >= 4 is 23.6 Å². The topological polar surface area (TPSA) is 75.4 Å². The van der Waals surface area contributed by atoms with E-state index in [2.05, 4.69) is 4.98 Å².